The smallest absolute Gasteiger partial charge is 0.265 e. The number of hydrogen-bond donors (Lipinski definition) is 1. The van der Waals surface area contributed by atoms with Gasteiger partial charge in [0.15, 0.2) is 5.69 Å². The Morgan fingerprint density at radius 3 is 2.71 bits per heavy atom. The molecule has 1 rings (SSSR count). The number of hydrogen-bond acceptors (Lipinski definition) is 3. The van der Waals surface area contributed by atoms with E-state index in [1.807, 2.05) is 0 Å². The first-order valence-electron chi connectivity index (χ1n) is 3.90. The quantitative estimate of drug-likeness (QED) is 0.443. The third-order valence-electron chi connectivity index (χ3n) is 1.79. The molecule has 0 aliphatic heterocycles. The molecule has 5 heteroatoms. The zero-order valence-corrected chi connectivity index (χ0v) is 7.47. The van der Waals surface area contributed by atoms with Crippen LogP contribution in [-0.4, -0.2) is 10.0 Å². The van der Waals surface area contributed by atoms with Gasteiger partial charge >= 0.3 is 0 Å². The summed E-state index contributed by atoms with van der Waals surface area (Å²) in [5.74, 6) is 0. The minimum atomic E-state index is -0.907. The maximum Gasteiger partial charge on any atom is 0.265 e. The van der Waals surface area contributed by atoms with Gasteiger partial charge in [-0.2, -0.15) is 0 Å². The highest BCUT2D eigenvalue weighted by Gasteiger charge is 2.17. The highest BCUT2D eigenvalue weighted by molar-refractivity contribution is 5.56. The minimum absolute atomic E-state index is 0.195. The number of nitro benzene ring substituents is 1. The maximum atomic E-state index is 10.6. The lowest BCUT2D eigenvalue weighted by atomic mass is 10.1. The molecule has 5 nitrogen and oxygen atoms in total. The highest BCUT2D eigenvalue weighted by atomic mass is 16.6. The summed E-state index contributed by atoms with van der Waals surface area (Å²) in [7, 11) is 0. The van der Waals surface area contributed by atoms with Crippen LogP contribution in [0.25, 0.3) is 4.85 Å². The largest absolute Gasteiger partial charge is 0.388 e. The van der Waals surface area contributed by atoms with E-state index in [4.69, 9.17) is 6.57 Å². The molecule has 0 fully saturated rings. The van der Waals surface area contributed by atoms with E-state index in [-0.39, 0.29) is 16.9 Å². The van der Waals surface area contributed by atoms with Gasteiger partial charge in [-0.1, -0.05) is 12.1 Å². The van der Waals surface area contributed by atoms with Crippen molar-refractivity contribution in [3.8, 4) is 0 Å². The summed E-state index contributed by atoms with van der Waals surface area (Å²) in [5, 5.41) is 19.8. The van der Waals surface area contributed by atoms with Crippen molar-refractivity contribution in [3.05, 3.63) is 45.3 Å². The zero-order chi connectivity index (χ0) is 10.7. The molecule has 0 bridgehead atoms. The second kappa shape index (κ2) is 3.85. The van der Waals surface area contributed by atoms with Crippen molar-refractivity contribution in [3.63, 3.8) is 0 Å². The Morgan fingerprint density at radius 2 is 2.29 bits per heavy atom. The van der Waals surface area contributed by atoms with Crippen LogP contribution in [-0.2, 0) is 0 Å². The Hall–Kier alpha value is -1.93. The third kappa shape index (κ3) is 1.87. The second-order valence-corrected chi connectivity index (χ2v) is 2.79. The van der Waals surface area contributed by atoms with Crippen LogP contribution in [0.3, 0.4) is 0 Å². The molecule has 72 valence electrons. The normalized spacial score (nSPS) is 11.8. The van der Waals surface area contributed by atoms with Crippen LogP contribution in [0.5, 0.6) is 0 Å². The average molecular weight is 192 g/mol. The molecule has 0 aliphatic carbocycles. The zero-order valence-electron chi connectivity index (χ0n) is 7.47. The van der Waals surface area contributed by atoms with Gasteiger partial charge in [-0.3, -0.25) is 10.1 Å². The molecule has 0 radical (unpaired) electrons. The van der Waals surface area contributed by atoms with Gasteiger partial charge in [0.05, 0.1) is 23.2 Å². The Kier molecular flexibility index (Phi) is 2.79. The van der Waals surface area contributed by atoms with Gasteiger partial charge in [0.1, 0.15) is 0 Å². The van der Waals surface area contributed by atoms with Gasteiger partial charge in [-0.25, -0.2) is 4.85 Å². The number of benzene rings is 1. The van der Waals surface area contributed by atoms with Gasteiger partial charge in [-0.15, -0.1) is 0 Å². The van der Waals surface area contributed by atoms with Crippen molar-refractivity contribution in [2.75, 3.05) is 0 Å². The first-order valence-corrected chi connectivity index (χ1v) is 3.90. The van der Waals surface area contributed by atoms with E-state index < -0.39 is 11.0 Å². The first kappa shape index (κ1) is 10.2. The lowest BCUT2D eigenvalue weighted by Crippen LogP contribution is -1.98. The van der Waals surface area contributed by atoms with E-state index >= 15 is 0 Å². The predicted octanol–water partition coefficient (Wildman–Crippen LogP) is 2.20. The van der Waals surface area contributed by atoms with Gasteiger partial charge in [0, 0.05) is 6.07 Å². The van der Waals surface area contributed by atoms with Crippen molar-refractivity contribution in [1.82, 2.24) is 0 Å². The van der Waals surface area contributed by atoms with E-state index in [2.05, 4.69) is 4.85 Å². The Morgan fingerprint density at radius 1 is 1.64 bits per heavy atom. The van der Waals surface area contributed by atoms with Gasteiger partial charge in [-0.05, 0) is 6.92 Å². The Balaban J connectivity index is 3.33. The molecule has 14 heavy (non-hydrogen) atoms. The molecule has 0 aliphatic rings. The predicted molar refractivity (Wildman–Crippen MR) is 50.0 cm³/mol. The van der Waals surface area contributed by atoms with Gasteiger partial charge < -0.3 is 5.11 Å². The molecule has 1 aromatic carbocycles. The summed E-state index contributed by atoms with van der Waals surface area (Å²) in [5.41, 5.74) is 0.206. The summed E-state index contributed by atoms with van der Waals surface area (Å²) in [4.78, 5) is 13.1. The molecule has 1 aromatic rings. The Labute approximate surface area is 80.6 Å². The summed E-state index contributed by atoms with van der Waals surface area (Å²) >= 11 is 0. The van der Waals surface area contributed by atoms with Crippen LogP contribution in [0.2, 0.25) is 0 Å². The molecular formula is C9H8N2O3. The lowest BCUT2D eigenvalue weighted by molar-refractivity contribution is -0.386. The van der Waals surface area contributed by atoms with Crippen LogP contribution in [0.15, 0.2) is 18.2 Å². The summed E-state index contributed by atoms with van der Waals surface area (Å²) in [6.07, 6.45) is -0.907. The molecular weight excluding hydrogens is 184 g/mol. The van der Waals surface area contributed by atoms with Crippen molar-refractivity contribution < 1.29 is 10.0 Å². The fourth-order valence-electron chi connectivity index (χ4n) is 1.11. The van der Waals surface area contributed by atoms with Crippen molar-refractivity contribution in [2.24, 2.45) is 0 Å². The van der Waals surface area contributed by atoms with E-state index in [1.54, 1.807) is 0 Å². The van der Waals surface area contributed by atoms with Crippen LogP contribution in [0.1, 0.15) is 18.6 Å². The molecule has 0 heterocycles. The maximum absolute atomic E-state index is 10.6. The topological polar surface area (TPSA) is 67.7 Å². The van der Waals surface area contributed by atoms with Crippen molar-refractivity contribution in [1.29, 1.82) is 0 Å². The molecule has 0 saturated heterocycles. The average Bonchev–Trinajstić information content (AvgIpc) is 2.16. The van der Waals surface area contributed by atoms with E-state index in [0.29, 0.717) is 0 Å². The SMILES string of the molecule is [C-]#[N+]c1ccc(C(C)O)c([N+](=O)[O-])c1. The van der Waals surface area contributed by atoms with Crippen LogP contribution in [0, 0.1) is 16.7 Å². The molecule has 1 N–H and O–H groups in total. The molecule has 1 unspecified atom stereocenters. The number of aliphatic hydroxyl groups excluding tert-OH is 1. The monoisotopic (exact) mass is 192 g/mol. The van der Waals surface area contributed by atoms with E-state index in [9.17, 15) is 15.2 Å². The van der Waals surface area contributed by atoms with Gasteiger partial charge in [0.25, 0.3) is 5.69 Å². The molecule has 0 saturated carbocycles. The summed E-state index contributed by atoms with van der Waals surface area (Å²) in [6, 6.07) is 4.01. The minimum Gasteiger partial charge on any atom is -0.388 e. The number of nitro groups is 1. The second-order valence-electron chi connectivity index (χ2n) is 2.79. The van der Waals surface area contributed by atoms with E-state index in [1.165, 1.54) is 19.1 Å². The first-order chi connectivity index (χ1) is 6.56. The molecule has 0 aromatic heterocycles. The lowest BCUT2D eigenvalue weighted by Gasteiger charge is -2.05. The van der Waals surface area contributed by atoms with Crippen LogP contribution >= 0.6 is 0 Å². The van der Waals surface area contributed by atoms with E-state index in [0.717, 1.165) is 6.07 Å². The van der Waals surface area contributed by atoms with Crippen molar-refractivity contribution in [2.45, 2.75) is 13.0 Å². The van der Waals surface area contributed by atoms with Gasteiger partial charge in [0.2, 0.25) is 0 Å². The molecule has 0 amide bonds. The summed E-state index contributed by atoms with van der Waals surface area (Å²) < 4.78 is 0. The van der Waals surface area contributed by atoms with Crippen LogP contribution in [0.4, 0.5) is 11.4 Å². The van der Waals surface area contributed by atoms with Crippen LogP contribution < -0.4 is 0 Å². The Bertz CT molecular complexity index is 407. The number of nitrogens with zero attached hydrogens (tertiary/aromatic N) is 2. The van der Waals surface area contributed by atoms with Crippen molar-refractivity contribution >= 4 is 11.4 Å². The fourth-order valence-corrected chi connectivity index (χ4v) is 1.11. The number of aliphatic hydroxyl groups is 1. The molecule has 1 atom stereocenters. The molecule has 0 spiro atoms. The third-order valence-corrected chi connectivity index (χ3v) is 1.79. The number of rotatable bonds is 2. The fraction of sp³-hybridized carbons (Fsp3) is 0.222. The summed E-state index contributed by atoms with van der Waals surface area (Å²) in [6.45, 7) is 8.14. The highest BCUT2D eigenvalue weighted by Crippen LogP contribution is 2.29. The standard InChI is InChI=1S/C9H8N2O3/c1-6(12)8-4-3-7(10-2)5-9(8)11(13)14/h3-6,12H,1H3.